The Balaban J connectivity index is 2.54. The average molecular weight is 311 g/mol. The molecule has 5 heteroatoms. The standard InChI is InChI=1S/C13H12BrFN2O/c1-8(18)7-17-13(12(14)9(2)16-17)10-3-5-11(15)6-4-10/h3-6H,7H2,1-2H3. The van der Waals surface area contributed by atoms with Crippen molar-refractivity contribution in [1.29, 1.82) is 0 Å². The third kappa shape index (κ3) is 2.51. The number of carbonyl (C=O) groups excluding carboxylic acids is 1. The summed E-state index contributed by atoms with van der Waals surface area (Å²) in [4.78, 5) is 11.2. The van der Waals surface area contributed by atoms with E-state index < -0.39 is 0 Å². The average Bonchev–Trinajstić information content (AvgIpc) is 2.55. The Morgan fingerprint density at radius 2 is 2.00 bits per heavy atom. The summed E-state index contributed by atoms with van der Waals surface area (Å²) in [6.45, 7) is 3.58. The van der Waals surface area contributed by atoms with Crippen molar-refractivity contribution >= 4 is 21.7 Å². The lowest BCUT2D eigenvalue weighted by atomic mass is 10.1. The Kier molecular flexibility index (Phi) is 3.61. The molecule has 1 aromatic heterocycles. The van der Waals surface area contributed by atoms with Crippen molar-refractivity contribution in [2.24, 2.45) is 0 Å². The minimum absolute atomic E-state index is 0.0216. The molecule has 0 aliphatic rings. The van der Waals surface area contributed by atoms with Crippen LogP contribution in [0.5, 0.6) is 0 Å². The zero-order valence-corrected chi connectivity index (χ0v) is 11.7. The van der Waals surface area contributed by atoms with Crippen LogP contribution in [0.1, 0.15) is 12.6 Å². The SMILES string of the molecule is CC(=O)Cn1nc(C)c(Br)c1-c1ccc(F)cc1. The molecule has 18 heavy (non-hydrogen) atoms. The van der Waals surface area contributed by atoms with Gasteiger partial charge in [0.15, 0.2) is 5.78 Å². The van der Waals surface area contributed by atoms with Crippen LogP contribution in [0.3, 0.4) is 0 Å². The minimum Gasteiger partial charge on any atom is -0.298 e. The molecule has 1 aromatic carbocycles. The zero-order valence-electron chi connectivity index (χ0n) is 10.1. The van der Waals surface area contributed by atoms with Gasteiger partial charge in [0, 0.05) is 5.56 Å². The summed E-state index contributed by atoms with van der Waals surface area (Å²) >= 11 is 3.46. The first-order chi connectivity index (χ1) is 8.49. The normalized spacial score (nSPS) is 10.7. The predicted molar refractivity (Wildman–Crippen MR) is 70.7 cm³/mol. The Labute approximate surface area is 113 Å². The minimum atomic E-state index is -0.288. The monoisotopic (exact) mass is 310 g/mol. The van der Waals surface area contributed by atoms with Crippen molar-refractivity contribution in [3.8, 4) is 11.3 Å². The summed E-state index contributed by atoms with van der Waals surface area (Å²) < 4.78 is 15.4. The maximum Gasteiger partial charge on any atom is 0.151 e. The maximum atomic E-state index is 12.9. The molecule has 0 bridgehead atoms. The highest BCUT2D eigenvalue weighted by molar-refractivity contribution is 9.10. The van der Waals surface area contributed by atoms with Gasteiger partial charge in [-0.15, -0.1) is 0 Å². The summed E-state index contributed by atoms with van der Waals surface area (Å²) in [5, 5.41) is 4.30. The number of aryl methyl sites for hydroxylation is 1. The molecule has 0 saturated carbocycles. The van der Waals surface area contributed by atoms with E-state index in [9.17, 15) is 9.18 Å². The van der Waals surface area contributed by atoms with Crippen LogP contribution in [0.4, 0.5) is 4.39 Å². The van der Waals surface area contributed by atoms with E-state index in [0.29, 0.717) is 0 Å². The van der Waals surface area contributed by atoms with Crippen LogP contribution in [-0.2, 0) is 11.3 Å². The first-order valence-electron chi connectivity index (χ1n) is 5.47. The van der Waals surface area contributed by atoms with Crippen molar-refractivity contribution in [1.82, 2.24) is 9.78 Å². The molecule has 0 spiro atoms. The van der Waals surface area contributed by atoms with E-state index in [2.05, 4.69) is 21.0 Å². The number of halogens is 2. The molecule has 0 unspecified atom stereocenters. The second-order valence-corrected chi connectivity index (χ2v) is 4.91. The molecule has 1 heterocycles. The third-order valence-corrected chi connectivity index (χ3v) is 3.49. The number of ketones is 1. The molecule has 0 aliphatic heterocycles. The van der Waals surface area contributed by atoms with Crippen molar-refractivity contribution in [2.45, 2.75) is 20.4 Å². The molecule has 0 fully saturated rings. The van der Waals surface area contributed by atoms with Gasteiger partial charge in [0.2, 0.25) is 0 Å². The molecule has 2 rings (SSSR count). The molecule has 0 radical (unpaired) electrons. The smallest absolute Gasteiger partial charge is 0.151 e. The van der Waals surface area contributed by atoms with Gasteiger partial charge in [0.1, 0.15) is 5.82 Å². The van der Waals surface area contributed by atoms with E-state index >= 15 is 0 Å². The van der Waals surface area contributed by atoms with Crippen LogP contribution < -0.4 is 0 Å². The van der Waals surface area contributed by atoms with Crippen LogP contribution in [0.15, 0.2) is 28.7 Å². The fourth-order valence-corrected chi connectivity index (χ4v) is 2.28. The van der Waals surface area contributed by atoms with Gasteiger partial charge in [-0.3, -0.25) is 9.48 Å². The predicted octanol–water partition coefficient (Wildman–Crippen LogP) is 3.35. The molecule has 3 nitrogen and oxygen atoms in total. The molecular formula is C13H12BrFN2O. The number of carbonyl (C=O) groups is 1. The van der Waals surface area contributed by atoms with Gasteiger partial charge in [0.25, 0.3) is 0 Å². The molecule has 0 atom stereocenters. The lowest BCUT2D eigenvalue weighted by Gasteiger charge is -2.06. The fraction of sp³-hybridized carbons (Fsp3) is 0.231. The molecule has 0 aliphatic carbocycles. The van der Waals surface area contributed by atoms with Crippen LogP contribution in [0, 0.1) is 12.7 Å². The van der Waals surface area contributed by atoms with Crippen LogP contribution in [-0.4, -0.2) is 15.6 Å². The Bertz CT molecular complexity index is 590. The second-order valence-electron chi connectivity index (χ2n) is 4.11. The Morgan fingerprint density at radius 1 is 1.39 bits per heavy atom. The number of rotatable bonds is 3. The molecule has 2 aromatic rings. The first-order valence-corrected chi connectivity index (χ1v) is 6.26. The van der Waals surface area contributed by atoms with E-state index in [1.807, 2.05) is 6.92 Å². The number of hydrogen-bond acceptors (Lipinski definition) is 2. The highest BCUT2D eigenvalue weighted by atomic mass is 79.9. The van der Waals surface area contributed by atoms with Gasteiger partial charge in [-0.1, -0.05) is 0 Å². The van der Waals surface area contributed by atoms with Gasteiger partial charge in [-0.2, -0.15) is 5.10 Å². The third-order valence-electron chi connectivity index (χ3n) is 2.54. The number of Topliss-reactive ketones (excluding diaryl/α,β-unsaturated/α-hetero) is 1. The van der Waals surface area contributed by atoms with Crippen molar-refractivity contribution in [3.63, 3.8) is 0 Å². The number of aromatic nitrogens is 2. The van der Waals surface area contributed by atoms with Crippen molar-refractivity contribution in [2.75, 3.05) is 0 Å². The summed E-state index contributed by atoms with van der Waals surface area (Å²) in [7, 11) is 0. The summed E-state index contributed by atoms with van der Waals surface area (Å²) in [6, 6.07) is 6.13. The summed E-state index contributed by atoms with van der Waals surface area (Å²) in [5.74, 6) is -0.266. The van der Waals surface area contributed by atoms with E-state index in [0.717, 1.165) is 21.4 Å². The van der Waals surface area contributed by atoms with Gasteiger partial charge in [-0.05, 0) is 54.0 Å². The number of hydrogen-bond donors (Lipinski definition) is 0. The van der Waals surface area contributed by atoms with Crippen LogP contribution in [0.2, 0.25) is 0 Å². The first kappa shape index (κ1) is 13.0. The van der Waals surface area contributed by atoms with Crippen molar-refractivity contribution in [3.05, 3.63) is 40.2 Å². The molecule has 0 saturated heterocycles. The molecule has 0 amide bonds. The van der Waals surface area contributed by atoms with Gasteiger partial charge >= 0.3 is 0 Å². The van der Waals surface area contributed by atoms with Crippen molar-refractivity contribution < 1.29 is 9.18 Å². The van der Waals surface area contributed by atoms with Gasteiger partial charge in [0.05, 0.1) is 22.4 Å². The molecule has 0 N–H and O–H groups in total. The lowest BCUT2D eigenvalue weighted by Crippen LogP contribution is -2.09. The van der Waals surface area contributed by atoms with E-state index in [-0.39, 0.29) is 18.1 Å². The highest BCUT2D eigenvalue weighted by Crippen LogP contribution is 2.31. The molecular weight excluding hydrogens is 299 g/mol. The zero-order chi connectivity index (χ0) is 13.3. The maximum absolute atomic E-state index is 12.9. The molecule has 94 valence electrons. The van der Waals surface area contributed by atoms with E-state index in [1.165, 1.54) is 19.1 Å². The Morgan fingerprint density at radius 3 is 2.56 bits per heavy atom. The van der Waals surface area contributed by atoms with Gasteiger partial charge < -0.3 is 0 Å². The van der Waals surface area contributed by atoms with Crippen LogP contribution in [0.25, 0.3) is 11.3 Å². The largest absolute Gasteiger partial charge is 0.298 e. The lowest BCUT2D eigenvalue weighted by molar-refractivity contribution is -0.117. The second kappa shape index (κ2) is 5.02. The topological polar surface area (TPSA) is 34.9 Å². The van der Waals surface area contributed by atoms with Gasteiger partial charge in [-0.25, -0.2) is 4.39 Å². The van der Waals surface area contributed by atoms with E-state index in [4.69, 9.17) is 0 Å². The van der Waals surface area contributed by atoms with Crippen LogP contribution >= 0.6 is 15.9 Å². The number of benzene rings is 1. The summed E-state index contributed by atoms with van der Waals surface area (Å²) in [5.41, 5.74) is 2.42. The highest BCUT2D eigenvalue weighted by Gasteiger charge is 2.15. The number of nitrogens with zero attached hydrogens (tertiary/aromatic N) is 2. The fourth-order valence-electron chi connectivity index (χ4n) is 1.77. The summed E-state index contributed by atoms with van der Waals surface area (Å²) in [6.07, 6.45) is 0. The Hall–Kier alpha value is -1.49. The van der Waals surface area contributed by atoms with E-state index in [1.54, 1.807) is 16.8 Å². The quantitative estimate of drug-likeness (QED) is 0.871.